The van der Waals surface area contributed by atoms with Crippen molar-refractivity contribution < 1.29 is 9.22 Å². The van der Waals surface area contributed by atoms with Crippen LogP contribution in [0.25, 0.3) is 0 Å². The molecule has 4 heteroatoms. The maximum absolute atomic E-state index is 11.3. The predicted octanol–water partition coefficient (Wildman–Crippen LogP) is 1.75. The third kappa shape index (κ3) is 3.40. The maximum atomic E-state index is 11.3. The van der Waals surface area contributed by atoms with Gasteiger partial charge in [-0.25, -0.2) is 0 Å². The number of hydrogen-bond donors (Lipinski definition) is 1. The Labute approximate surface area is 93.4 Å². The van der Waals surface area contributed by atoms with Gasteiger partial charge in [0.1, 0.15) is 0 Å². The smallest absolute Gasteiger partial charge is 0.345 e. The van der Waals surface area contributed by atoms with Crippen molar-refractivity contribution in [1.29, 1.82) is 0 Å². The van der Waals surface area contributed by atoms with E-state index >= 15 is 0 Å². The Morgan fingerprint density at radius 1 is 1.40 bits per heavy atom. The number of para-hydroxylation sites is 1. The van der Waals surface area contributed by atoms with Gasteiger partial charge >= 0.3 is 10.5 Å². The van der Waals surface area contributed by atoms with Crippen LogP contribution in [0.5, 0.6) is 0 Å². The predicted molar refractivity (Wildman–Crippen MR) is 60.6 cm³/mol. The Morgan fingerprint density at radius 2 is 2.00 bits per heavy atom. The van der Waals surface area contributed by atoms with Gasteiger partial charge in [-0.1, -0.05) is 18.2 Å². The molecule has 0 spiro atoms. The lowest BCUT2D eigenvalue weighted by Gasteiger charge is -2.22. The minimum Gasteiger partial charge on any atom is -0.516 e. The molecule has 3 nitrogen and oxygen atoms in total. The van der Waals surface area contributed by atoms with Crippen molar-refractivity contribution in [2.24, 2.45) is 5.41 Å². The van der Waals surface area contributed by atoms with Crippen LogP contribution in [0, 0.1) is 5.41 Å². The van der Waals surface area contributed by atoms with Crippen molar-refractivity contribution in [2.45, 2.75) is 13.8 Å². The normalized spacial score (nSPS) is 10.9. The molecule has 0 fully saturated rings. The summed E-state index contributed by atoms with van der Waals surface area (Å²) in [6.45, 7) is 4.18. The van der Waals surface area contributed by atoms with Gasteiger partial charge in [0.2, 0.25) is 0 Å². The van der Waals surface area contributed by atoms with Crippen LogP contribution in [0.3, 0.4) is 0 Å². The van der Waals surface area contributed by atoms with Crippen LogP contribution >= 0.6 is 0 Å². The molecule has 0 aromatic heterocycles. The second kappa shape index (κ2) is 4.98. The third-order valence-electron chi connectivity index (χ3n) is 2.15. The second-order valence-corrected chi connectivity index (χ2v) is 4.20. The van der Waals surface area contributed by atoms with E-state index in [2.05, 4.69) is 20.2 Å². The minimum absolute atomic E-state index is 0.289. The molecule has 1 aromatic rings. The van der Waals surface area contributed by atoms with Crippen LogP contribution in [-0.2, 0) is 9.22 Å². The highest BCUT2D eigenvalue weighted by molar-refractivity contribution is 6.06. The molecular weight excluding hydrogens is 206 g/mol. The summed E-state index contributed by atoms with van der Waals surface area (Å²) in [5.74, 6) is -0.289. The number of carbonyl (C=O) groups excluding carboxylic acids is 1. The van der Waals surface area contributed by atoms with Crippen LogP contribution < -0.4 is 5.32 Å². The van der Waals surface area contributed by atoms with E-state index in [0.717, 1.165) is 5.69 Å². The summed E-state index contributed by atoms with van der Waals surface area (Å²) >= 11 is 0. The highest BCUT2D eigenvalue weighted by Crippen LogP contribution is 2.18. The minimum atomic E-state index is -0.558. The first-order valence-corrected chi connectivity index (χ1v) is 5.14. The van der Waals surface area contributed by atoms with Gasteiger partial charge in [-0.05, 0) is 26.0 Å². The van der Waals surface area contributed by atoms with E-state index in [-0.39, 0.29) is 5.97 Å². The Hall–Kier alpha value is -1.29. The van der Waals surface area contributed by atoms with Crippen LogP contribution in [-0.4, -0.2) is 23.0 Å². The summed E-state index contributed by atoms with van der Waals surface area (Å²) in [7, 11) is 2.75. The average Bonchev–Trinajstić information content (AvgIpc) is 2.27. The molecule has 0 unspecified atom stereocenters. The molecule has 15 heavy (non-hydrogen) atoms. The van der Waals surface area contributed by atoms with Gasteiger partial charge in [0, 0.05) is 12.2 Å². The number of carbonyl (C=O) groups is 1. The van der Waals surface area contributed by atoms with Gasteiger partial charge < -0.3 is 9.74 Å². The van der Waals surface area contributed by atoms with E-state index in [1.165, 1.54) is 0 Å². The summed E-state index contributed by atoms with van der Waals surface area (Å²) in [6.07, 6.45) is 0. The summed E-state index contributed by atoms with van der Waals surface area (Å²) in [4.78, 5) is 11.3. The molecule has 0 saturated carbocycles. The maximum Gasteiger partial charge on any atom is 0.345 e. The van der Waals surface area contributed by atoms with Crippen molar-refractivity contribution in [2.75, 3.05) is 11.9 Å². The Kier molecular flexibility index (Phi) is 3.91. The molecule has 79 valence electrons. The van der Waals surface area contributed by atoms with E-state index in [0.29, 0.717) is 6.54 Å². The lowest BCUT2D eigenvalue weighted by molar-refractivity contribution is -0.142. The summed E-state index contributed by atoms with van der Waals surface area (Å²) in [5.41, 5.74) is 0.435. The fourth-order valence-electron chi connectivity index (χ4n) is 1.09. The number of rotatable bonds is 4. The molecule has 1 rings (SSSR count). The Morgan fingerprint density at radius 3 is 2.53 bits per heavy atom. The van der Waals surface area contributed by atoms with Gasteiger partial charge in [-0.15, -0.1) is 0 Å². The van der Waals surface area contributed by atoms with Gasteiger partial charge in [0.25, 0.3) is 5.97 Å². The lowest BCUT2D eigenvalue weighted by atomic mass is 9.94. The third-order valence-corrected chi connectivity index (χ3v) is 2.34. The quantitative estimate of drug-likeness (QED) is 0.786. The lowest BCUT2D eigenvalue weighted by Crippen LogP contribution is -2.33. The number of nitrogens with one attached hydrogen (secondary N) is 1. The van der Waals surface area contributed by atoms with Crippen LogP contribution in [0.1, 0.15) is 13.8 Å². The molecule has 0 saturated heterocycles. The first-order chi connectivity index (χ1) is 7.06. The van der Waals surface area contributed by atoms with Crippen molar-refractivity contribution in [3.63, 3.8) is 0 Å². The average molecular weight is 220 g/mol. The van der Waals surface area contributed by atoms with E-state index in [1.54, 1.807) is 0 Å². The highest BCUT2D eigenvalue weighted by Gasteiger charge is 2.27. The van der Waals surface area contributed by atoms with E-state index in [4.69, 9.17) is 0 Å². The Bertz CT molecular complexity index is 325. The van der Waals surface area contributed by atoms with E-state index in [1.807, 2.05) is 44.2 Å². The first kappa shape index (κ1) is 11.8. The zero-order chi connectivity index (χ0) is 11.3. The SMILES string of the molecule is CC(C)(CNc1ccccc1)C(=O)O[Si]. The molecule has 1 N–H and O–H groups in total. The fraction of sp³-hybridized carbons (Fsp3) is 0.364. The highest BCUT2D eigenvalue weighted by atomic mass is 28.2. The van der Waals surface area contributed by atoms with Gasteiger partial charge in [-0.3, -0.25) is 4.79 Å². The van der Waals surface area contributed by atoms with E-state index in [9.17, 15) is 4.79 Å². The summed E-state index contributed by atoms with van der Waals surface area (Å²) in [6, 6.07) is 9.74. The van der Waals surface area contributed by atoms with Crippen LogP contribution in [0.4, 0.5) is 5.69 Å². The molecule has 0 heterocycles. The number of hydrogen-bond acceptors (Lipinski definition) is 3. The van der Waals surface area contributed by atoms with Crippen molar-refractivity contribution >= 4 is 22.1 Å². The molecule has 3 radical (unpaired) electrons. The van der Waals surface area contributed by atoms with Gasteiger partial charge in [-0.2, -0.15) is 0 Å². The van der Waals surface area contributed by atoms with Gasteiger partial charge in [0.05, 0.1) is 5.41 Å². The van der Waals surface area contributed by atoms with Crippen LogP contribution in [0.2, 0.25) is 0 Å². The zero-order valence-electron chi connectivity index (χ0n) is 8.91. The standard InChI is InChI=1S/C11H14NO2Si/c1-11(2,10(13)14-15)8-12-9-6-4-3-5-7-9/h3-7,12H,8H2,1-2H3. The van der Waals surface area contributed by atoms with Crippen LogP contribution in [0.15, 0.2) is 30.3 Å². The topological polar surface area (TPSA) is 38.3 Å². The monoisotopic (exact) mass is 220 g/mol. The van der Waals surface area contributed by atoms with Crippen molar-refractivity contribution in [3.8, 4) is 0 Å². The molecule has 0 aliphatic rings. The number of benzene rings is 1. The molecular formula is C11H14NO2Si. The first-order valence-electron chi connectivity index (χ1n) is 4.73. The molecule has 0 bridgehead atoms. The van der Waals surface area contributed by atoms with Crippen molar-refractivity contribution in [1.82, 2.24) is 0 Å². The molecule has 0 amide bonds. The molecule has 0 atom stereocenters. The van der Waals surface area contributed by atoms with E-state index < -0.39 is 5.41 Å². The summed E-state index contributed by atoms with van der Waals surface area (Å²) in [5, 5.41) is 3.18. The fourth-order valence-corrected chi connectivity index (χ4v) is 1.37. The zero-order valence-corrected chi connectivity index (χ0v) is 9.91. The van der Waals surface area contributed by atoms with Gasteiger partial charge in [0.15, 0.2) is 0 Å². The summed E-state index contributed by atoms with van der Waals surface area (Å²) < 4.78 is 4.53. The van der Waals surface area contributed by atoms with Crippen molar-refractivity contribution in [3.05, 3.63) is 30.3 Å². The number of anilines is 1. The Balaban J connectivity index is 2.53. The second-order valence-electron chi connectivity index (χ2n) is 3.99. The largest absolute Gasteiger partial charge is 0.516 e. The molecule has 0 aliphatic heterocycles. The molecule has 1 aromatic carbocycles. The molecule has 0 aliphatic carbocycles.